The number of halogens is 2. The maximum absolute atomic E-state index is 12.0. The van der Waals surface area contributed by atoms with Gasteiger partial charge >= 0.3 is 0 Å². The molecule has 0 bridgehead atoms. The number of para-hydroxylation sites is 2. The predicted octanol–water partition coefficient (Wildman–Crippen LogP) is 3.59. The Morgan fingerprint density at radius 1 is 1.23 bits per heavy atom. The van der Waals surface area contributed by atoms with E-state index in [0.717, 1.165) is 30.9 Å². The summed E-state index contributed by atoms with van der Waals surface area (Å²) in [6.45, 7) is 4.08. The minimum absolute atomic E-state index is 0. The van der Waals surface area contributed by atoms with Crippen LogP contribution < -0.4 is 16.0 Å². The van der Waals surface area contributed by atoms with E-state index in [1.54, 1.807) is 0 Å². The zero-order valence-electron chi connectivity index (χ0n) is 13.1. The normalized spacial score (nSPS) is 15.3. The van der Waals surface area contributed by atoms with Crippen LogP contribution in [0.2, 0.25) is 0 Å². The molecule has 1 aliphatic heterocycles. The van der Waals surface area contributed by atoms with E-state index >= 15 is 0 Å². The highest BCUT2D eigenvalue weighted by molar-refractivity contribution is 5.94. The van der Waals surface area contributed by atoms with E-state index in [1.165, 1.54) is 19.3 Å². The Labute approximate surface area is 145 Å². The average molecular weight is 348 g/mol. The largest absolute Gasteiger partial charge is 0.370 e. The van der Waals surface area contributed by atoms with Crippen molar-refractivity contribution in [3.05, 3.63) is 24.3 Å². The first-order valence-corrected chi connectivity index (χ1v) is 7.56. The van der Waals surface area contributed by atoms with Gasteiger partial charge in [-0.2, -0.15) is 0 Å². The van der Waals surface area contributed by atoms with Crippen molar-refractivity contribution >= 4 is 42.1 Å². The van der Waals surface area contributed by atoms with E-state index in [4.69, 9.17) is 5.73 Å². The Morgan fingerprint density at radius 3 is 2.50 bits per heavy atom. The number of benzene rings is 1. The highest BCUT2D eigenvalue weighted by Crippen LogP contribution is 2.28. The third-order valence-electron chi connectivity index (χ3n) is 3.70. The van der Waals surface area contributed by atoms with E-state index in [-0.39, 0.29) is 36.8 Å². The Morgan fingerprint density at radius 2 is 1.86 bits per heavy atom. The molecule has 1 atom stereocenters. The van der Waals surface area contributed by atoms with Gasteiger partial charge in [-0.25, -0.2) is 0 Å². The first-order chi connectivity index (χ1) is 9.66. The molecule has 1 saturated heterocycles. The molecule has 1 aromatic rings. The summed E-state index contributed by atoms with van der Waals surface area (Å²) >= 11 is 0. The van der Waals surface area contributed by atoms with E-state index < -0.39 is 0 Å². The van der Waals surface area contributed by atoms with Crippen LogP contribution in [0.4, 0.5) is 11.4 Å². The minimum atomic E-state index is 0. The molecule has 1 aliphatic rings. The van der Waals surface area contributed by atoms with Crippen LogP contribution in [0.25, 0.3) is 0 Å². The number of carbonyl (C=O) groups is 1. The monoisotopic (exact) mass is 347 g/mol. The smallest absolute Gasteiger partial charge is 0.224 e. The molecular formula is C16H27Cl2N3O. The van der Waals surface area contributed by atoms with Crippen LogP contribution >= 0.6 is 24.8 Å². The van der Waals surface area contributed by atoms with E-state index in [1.807, 2.05) is 25.1 Å². The molecule has 2 rings (SSSR count). The Balaban J connectivity index is 0.00000220. The van der Waals surface area contributed by atoms with Gasteiger partial charge in [0.05, 0.1) is 11.4 Å². The summed E-state index contributed by atoms with van der Waals surface area (Å²) in [6, 6.07) is 8.13. The topological polar surface area (TPSA) is 58.4 Å². The molecule has 4 nitrogen and oxygen atoms in total. The predicted molar refractivity (Wildman–Crippen MR) is 98.5 cm³/mol. The molecule has 22 heavy (non-hydrogen) atoms. The molecule has 0 spiro atoms. The lowest BCUT2D eigenvalue weighted by Gasteiger charge is -2.30. The van der Waals surface area contributed by atoms with E-state index in [2.05, 4.69) is 16.3 Å². The van der Waals surface area contributed by atoms with Crippen LogP contribution in [-0.2, 0) is 4.79 Å². The van der Waals surface area contributed by atoms with Gasteiger partial charge in [-0.1, -0.05) is 12.1 Å². The molecule has 0 aliphatic carbocycles. The van der Waals surface area contributed by atoms with Crippen LogP contribution in [0.3, 0.4) is 0 Å². The van der Waals surface area contributed by atoms with Gasteiger partial charge in [0.15, 0.2) is 0 Å². The lowest BCUT2D eigenvalue weighted by atomic mass is 10.1. The second-order valence-electron chi connectivity index (χ2n) is 5.63. The molecular weight excluding hydrogens is 321 g/mol. The standard InChI is InChI=1S/C16H25N3O.2ClH/c1-13(17)9-10-16(20)18-14-7-3-4-8-15(14)19-11-5-2-6-12-19;;/h3-4,7-8,13H,2,5-6,9-12,17H2,1H3,(H,18,20);2*1H. The lowest BCUT2D eigenvalue weighted by Crippen LogP contribution is -2.30. The van der Waals surface area contributed by atoms with Crippen molar-refractivity contribution in [2.45, 2.75) is 45.1 Å². The first kappa shape index (κ1) is 21.0. The highest BCUT2D eigenvalue weighted by atomic mass is 35.5. The minimum Gasteiger partial charge on any atom is -0.370 e. The molecule has 1 unspecified atom stereocenters. The van der Waals surface area contributed by atoms with Gasteiger partial charge in [-0.05, 0) is 44.7 Å². The fourth-order valence-corrected chi connectivity index (χ4v) is 2.56. The molecule has 6 heteroatoms. The fraction of sp³-hybridized carbons (Fsp3) is 0.562. The molecule has 0 radical (unpaired) electrons. The Hall–Kier alpha value is -0.970. The van der Waals surface area contributed by atoms with Gasteiger partial charge in [0.1, 0.15) is 0 Å². The second kappa shape index (κ2) is 10.7. The fourth-order valence-electron chi connectivity index (χ4n) is 2.56. The number of anilines is 2. The van der Waals surface area contributed by atoms with Crippen LogP contribution in [0, 0.1) is 0 Å². The molecule has 3 N–H and O–H groups in total. The number of rotatable bonds is 5. The summed E-state index contributed by atoms with van der Waals surface area (Å²) in [5, 5.41) is 3.03. The highest BCUT2D eigenvalue weighted by Gasteiger charge is 2.15. The van der Waals surface area contributed by atoms with Gasteiger partial charge < -0.3 is 16.0 Å². The number of piperidine rings is 1. The Kier molecular flexibility index (Phi) is 10.2. The third-order valence-corrected chi connectivity index (χ3v) is 3.70. The Bertz CT molecular complexity index is 449. The maximum atomic E-state index is 12.0. The van der Waals surface area contributed by atoms with E-state index in [9.17, 15) is 4.79 Å². The van der Waals surface area contributed by atoms with Gasteiger partial charge in [-0.15, -0.1) is 24.8 Å². The molecule has 0 aromatic heterocycles. The summed E-state index contributed by atoms with van der Waals surface area (Å²) in [4.78, 5) is 14.3. The van der Waals surface area contributed by atoms with Crippen molar-refractivity contribution in [2.24, 2.45) is 5.73 Å². The van der Waals surface area contributed by atoms with Gasteiger partial charge in [0, 0.05) is 25.6 Å². The van der Waals surface area contributed by atoms with Crippen LogP contribution in [0.15, 0.2) is 24.3 Å². The van der Waals surface area contributed by atoms with Crippen molar-refractivity contribution in [3.63, 3.8) is 0 Å². The number of nitrogens with two attached hydrogens (primary N) is 1. The number of nitrogens with zero attached hydrogens (tertiary/aromatic N) is 1. The quantitative estimate of drug-likeness (QED) is 0.855. The zero-order chi connectivity index (χ0) is 14.4. The third kappa shape index (κ3) is 6.42. The average Bonchev–Trinajstić information content (AvgIpc) is 2.47. The van der Waals surface area contributed by atoms with Crippen molar-refractivity contribution in [3.8, 4) is 0 Å². The molecule has 126 valence electrons. The van der Waals surface area contributed by atoms with Crippen molar-refractivity contribution in [2.75, 3.05) is 23.3 Å². The molecule has 1 fully saturated rings. The SMILES string of the molecule is CC(N)CCC(=O)Nc1ccccc1N1CCCCC1.Cl.Cl. The zero-order valence-corrected chi connectivity index (χ0v) is 14.7. The molecule has 1 amide bonds. The number of hydrogen-bond donors (Lipinski definition) is 2. The van der Waals surface area contributed by atoms with Crippen molar-refractivity contribution < 1.29 is 4.79 Å². The van der Waals surface area contributed by atoms with E-state index in [0.29, 0.717) is 6.42 Å². The lowest BCUT2D eigenvalue weighted by molar-refractivity contribution is -0.116. The summed E-state index contributed by atoms with van der Waals surface area (Å²) in [5.41, 5.74) is 7.75. The molecule has 0 saturated carbocycles. The first-order valence-electron chi connectivity index (χ1n) is 7.56. The maximum Gasteiger partial charge on any atom is 0.224 e. The summed E-state index contributed by atoms with van der Waals surface area (Å²) < 4.78 is 0. The number of nitrogens with one attached hydrogen (secondary N) is 1. The summed E-state index contributed by atoms with van der Waals surface area (Å²) in [7, 11) is 0. The molecule has 1 aromatic carbocycles. The summed E-state index contributed by atoms with van der Waals surface area (Å²) in [6.07, 6.45) is 4.96. The van der Waals surface area contributed by atoms with Crippen LogP contribution in [0.5, 0.6) is 0 Å². The van der Waals surface area contributed by atoms with Crippen LogP contribution in [0.1, 0.15) is 39.0 Å². The van der Waals surface area contributed by atoms with Crippen molar-refractivity contribution in [1.29, 1.82) is 0 Å². The van der Waals surface area contributed by atoms with Gasteiger partial charge in [0.2, 0.25) is 5.91 Å². The van der Waals surface area contributed by atoms with Crippen molar-refractivity contribution in [1.82, 2.24) is 0 Å². The number of carbonyl (C=O) groups excluding carboxylic acids is 1. The second-order valence-corrected chi connectivity index (χ2v) is 5.63. The summed E-state index contributed by atoms with van der Waals surface area (Å²) in [5.74, 6) is 0.0479. The van der Waals surface area contributed by atoms with Gasteiger partial charge in [-0.3, -0.25) is 4.79 Å². The number of amides is 1. The number of hydrogen-bond acceptors (Lipinski definition) is 3. The van der Waals surface area contributed by atoms with Gasteiger partial charge in [0.25, 0.3) is 0 Å². The molecule has 1 heterocycles. The van der Waals surface area contributed by atoms with Crippen LogP contribution in [-0.4, -0.2) is 25.0 Å².